The van der Waals surface area contributed by atoms with Gasteiger partial charge in [-0.1, -0.05) is 25.6 Å². The zero-order chi connectivity index (χ0) is 23.5. The van der Waals surface area contributed by atoms with Gasteiger partial charge >= 0.3 is 0 Å². The second-order valence-corrected chi connectivity index (χ2v) is 15.6. The molecule has 0 aliphatic carbocycles. The number of likely N-dealkylation sites (tertiary alicyclic amines) is 1. The lowest BCUT2D eigenvalue weighted by molar-refractivity contribution is -0.146. The summed E-state index contributed by atoms with van der Waals surface area (Å²) in [4.78, 5) is 28.8. The van der Waals surface area contributed by atoms with Crippen LogP contribution in [0.5, 0.6) is 0 Å². The first-order valence-corrected chi connectivity index (χ1v) is 15.8. The summed E-state index contributed by atoms with van der Waals surface area (Å²) in [7, 11) is -5.40. The smallest absolute Gasteiger partial charge is 0.245 e. The lowest BCUT2D eigenvalue weighted by Crippen LogP contribution is -2.52. The molecule has 2 saturated heterocycles. The summed E-state index contributed by atoms with van der Waals surface area (Å²) >= 11 is 0. The van der Waals surface area contributed by atoms with E-state index in [2.05, 4.69) is 35.8 Å². The quantitative estimate of drug-likeness (QED) is 0.505. The zero-order valence-corrected chi connectivity index (χ0v) is 20.9. The summed E-state index contributed by atoms with van der Waals surface area (Å²) < 4.78 is 33.4. The van der Waals surface area contributed by atoms with Crippen LogP contribution in [-0.2, 0) is 24.3 Å². The predicted molar refractivity (Wildman–Crippen MR) is 124 cm³/mol. The highest BCUT2D eigenvalue weighted by Crippen LogP contribution is 2.19. The maximum absolute atomic E-state index is 12.9. The molecular weight excluding hydrogens is 446 g/mol. The Morgan fingerprint density at radius 2 is 1.78 bits per heavy atom. The third-order valence-electron chi connectivity index (χ3n) is 5.43. The molecule has 0 saturated carbocycles. The summed E-state index contributed by atoms with van der Waals surface area (Å²) in [5.74, 6) is 2.58. The van der Waals surface area contributed by atoms with Gasteiger partial charge in [-0.15, -0.1) is 5.54 Å². The van der Waals surface area contributed by atoms with Gasteiger partial charge in [-0.3, -0.25) is 9.59 Å². The number of nitrogens with zero attached hydrogens (tertiary/aromatic N) is 2. The highest BCUT2D eigenvalue weighted by Gasteiger charge is 2.40. The third kappa shape index (κ3) is 5.98. The second kappa shape index (κ2) is 9.75. The van der Waals surface area contributed by atoms with Crippen molar-refractivity contribution in [3.63, 3.8) is 0 Å². The number of carbonyl (C=O) groups excluding carboxylic acids is 2. The number of benzene rings is 1. The van der Waals surface area contributed by atoms with Gasteiger partial charge in [0.2, 0.25) is 21.8 Å². The number of hydrogen-bond donors (Lipinski definition) is 1. The van der Waals surface area contributed by atoms with Gasteiger partial charge in [0.05, 0.1) is 18.1 Å². The number of sulfonamides is 1. The first-order chi connectivity index (χ1) is 15.0. The molecule has 2 aliphatic rings. The minimum Gasteiger partial charge on any atom is -0.378 e. The molecular formula is C22H31N3O5SSi. The number of morpholine rings is 1. The van der Waals surface area contributed by atoms with Gasteiger partial charge in [0.25, 0.3) is 0 Å². The third-order valence-corrected chi connectivity index (χ3v) is 7.79. The Balaban J connectivity index is 1.64. The molecule has 1 aromatic rings. The summed E-state index contributed by atoms with van der Waals surface area (Å²) in [5, 5.41) is 0. The molecule has 8 nitrogen and oxygen atoms in total. The number of nitrogens with one attached hydrogen (secondary N) is 1. The van der Waals surface area contributed by atoms with E-state index < -0.39 is 30.2 Å². The molecule has 0 unspecified atom stereocenters. The van der Waals surface area contributed by atoms with E-state index in [1.54, 1.807) is 24.0 Å². The van der Waals surface area contributed by atoms with Crippen molar-refractivity contribution in [3.8, 4) is 11.5 Å². The van der Waals surface area contributed by atoms with Gasteiger partial charge in [-0.25, -0.2) is 8.42 Å². The molecule has 0 radical (unpaired) electrons. The second-order valence-electron chi connectivity index (χ2n) is 9.13. The minimum absolute atomic E-state index is 0.0831. The summed E-state index contributed by atoms with van der Waals surface area (Å²) in [6, 6.07) is 4.82. The van der Waals surface area contributed by atoms with E-state index in [0.29, 0.717) is 39.3 Å². The molecule has 2 atom stereocenters. The predicted octanol–water partition coefficient (Wildman–Crippen LogP) is 1.04. The van der Waals surface area contributed by atoms with Crippen LogP contribution in [0.1, 0.15) is 18.9 Å². The van der Waals surface area contributed by atoms with Crippen LogP contribution in [0.15, 0.2) is 29.2 Å². The summed E-state index contributed by atoms with van der Waals surface area (Å²) in [5.41, 5.74) is 4.00. The van der Waals surface area contributed by atoms with Gasteiger partial charge < -0.3 is 14.5 Å². The first kappa shape index (κ1) is 24.4. The molecule has 0 bridgehead atoms. The van der Waals surface area contributed by atoms with Crippen LogP contribution in [0.3, 0.4) is 0 Å². The molecule has 32 heavy (non-hydrogen) atoms. The molecule has 1 aromatic carbocycles. The molecule has 10 heteroatoms. The van der Waals surface area contributed by atoms with Crippen molar-refractivity contribution < 1.29 is 22.7 Å². The van der Waals surface area contributed by atoms with Crippen molar-refractivity contribution in [3.05, 3.63) is 29.8 Å². The van der Waals surface area contributed by atoms with Crippen molar-refractivity contribution in [2.24, 2.45) is 0 Å². The molecule has 2 amide bonds. The average molecular weight is 478 g/mol. The number of rotatable bonds is 5. The molecule has 2 heterocycles. The summed E-state index contributed by atoms with van der Waals surface area (Å²) in [6.45, 7) is 10.4. The van der Waals surface area contributed by atoms with E-state index >= 15 is 0 Å². The minimum atomic E-state index is -3.88. The molecule has 0 spiro atoms. The lowest BCUT2D eigenvalue weighted by Gasteiger charge is -2.32. The fraction of sp³-hybridized carbons (Fsp3) is 0.545. The van der Waals surface area contributed by atoms with Crippen molar-refractivity contribution in [1.29, 1.82) is 0 Å². The van der Waals surface area contributed by atoms with Crippen LogP contribution >= 0.6 is 0 Å². The van der Waals surface area contributed by atoms with Crippen molar-refractivity contribution >= 4 is 29.9 Å². The zero-order valence-electron chi connectivity index (χ0n) is 19.1. The van der Waals surface area contributed by atoms with Crippen LogP contribution in [-0.4, -0.2) is 83.0 Å². The highest BCUT2D eigenvalue weighted by molar-refractivity contribution is 7.89. The molecule has 2 fully saturated rings. The van der Waals surface area contributed by atoms with Crippen molar-refractivity contribution in [1.82, 2.24) is 14.5 Å². The molecule has 2 aliphatic heterocycles. The normalized spacial score (nSPS) is 20.6. The fourth-order valence-electron chi connectivity index (χ4n) is 3.61. The maximum Gasteiger partial charge on any atom is 0.245 e. The van der Waals surface area contributed by atoms with E-state index in [0.717, 1.165) is 5.56 Å². The standard InChI is InChI=1S/C22H31N3O5SSi/c1-17(21(26)24-12-14-30-15-13-24)25-11-9-20(22(25)27)23-31(28,29)19-7-5-18(6-8-19)10-16-32(2,3)4/h5-8,17,20,23H,9,11-15H2,1-4H3/t17-,20-/m0/s1. The van der Waals surface area contributed by atoms with E-state index in [1.165, 1.54) is 17.0 Å². The van der Waals surface area contributed by atoms with Gasteiger partial charge in [0.1, 0.15) is 20.2 Å². The molecule has 0 aromatic heterocycles. The van der Waals surface area contributed by atoms with E-state index in [9.17, 15) is 18.0 Å². The van der Waals surface area contributed by atoms with Gasteiger partial charge in [0, 0.05) is 25.2 Å². The van der Waals surface area contributed by atoms with Crippen LogP contribution in [0.2, 0.25) is 19.6 Å². The van der Waals surface area contributed by atoms with Gasteiger partial charge in [0.15, 0.2) is 0 Å². The van der Waals surface area contributed by atoms with E-state index in [1.807, 2.05) is 0 Å². The monoisotopic (exact) mass is 477 g/mol. The van der Waals surface area contributed by atoms with Crippen molar-refractivity contribution in [2.45, 2.75) is 50.0 Å². The molecule has 1 N–H and O–H groups in total. The van der Waals surface area contributed by atoms with E-state index in [-0.39, 0.29) is 16.7 Å². The van der Waals surface area contributed by atoms with Crippen molar-refractivity contribution in [2.75, 3.05) is 32.8 Å². The Morgan fingerprint density at radius 3 is 2.38 bits per heavy atom. The Kier molecular flexibility index (Phi) is 7.45. The Hall–Kier alpha value is -2.19. The topological polar surface area (TPSA) is 96.0 Å². The van der Waals surface area contributed by atoms with Gasteiger partial charge in [-0.2, -0.15) is 4.72 Å². The van der Waals surface area contributed by atoms with Crippen LogP contribution in [0.25, 0.3) is 0 Å². The number of ether oxygens (including phenoxy) is 1. The van der Waals surface area contributed by atoms with E-state index in [4.69, 9.17) is 4.74 Å². The van der Waals surface area contributed by atoms with Crippen LogP contribution in [0, 0.1) is 11.5 Å². The maximum atomic E-state index is 12.9. The number of hydrogen-bond acceptors (Lipinski definition) is 5. The fourth-order valence-corrected chi connectivity index (χ4v) is 5.35. The largest absolute Gasteiger partial charge is 0.378 e. The summed E-state index contributed by atoms with van der Waals surface area (Å²) in [6.07, 6.45) is 0.318. The molecule has 3 rings (SSSR count). The Morgan fingerprint density at radius 1 is 1.16 bits per heavy atom. The average Bonchev–Trinajstić information content (AvgIpc) is 3.11. The number of carbonyl (C=O) groups is 2. The SMILES string of the molecule is C[C@@H](C(=O)N1CCOCC1)N1CC[C@H](NS(=O)(=O)c2ccc(C#C[Si](C)(C)C)cc2)C1=O. The highest BCUT2D eigenvalue weighted by atomic mass is 32.2. The lowest BCUT2D eigenvalue weighted by atomic mass is 10.2. The van der Waals surface area contributed by atoms with Gasteiger partial charge in [-0.05, 0) is 37.6 Å². The Labute approximate surface area is 191 Å². The Bertz CT molecular complexity index is 1020. The molecule has 174 valence electrons. The number of amides is 2. The van der Waals surface area contributed by atoms with Crippen LogP contribution < -0.4 is 4.72 Å². The first-order valence-electron chi connectivity index (χ1n) is 10.8. The van der Waals surface area contributed by atoms with Crippen LogP contribution in [0.4, 0.5) is 0 Å².